The number of carbonyl (C=O) groups excluding carboxylic acids is 1. The molecule has 2 rings (SSSR count). The van der Waals surface area contributed by atoms with E-state index in [0.717, 1.165) is 16.1 Å². The highest BCUT2D eigenvalue weighted by Crippen LogP contribution is 2.07. The summed E-state index contributed by atoms with van der Waals surface area (Å²) in [5.74, 6) is 0.183. The van der Waals surface area contributed by atoms with Crippen LogP contribution in [0.25, 0.3) is 5.82 Å². The smallest absolute Gasteiger partial charge is 0.267 e. The van der Waals surface area contributed by atoms with E-state index in [1.807, 2.05) is 33.8 Å². The normalized spacial score (nSPS) is 12.4. The van der Waals surface area contributed by atoms with Crippen LogP contribution in [0.5, 0.6) is 0 Å². The third kappa shape index (κ3) is 4.08. The molecule has 2 heterocycles. The maximum Gasteiger partial charge on any atom is 0.267 e. The zero-order chi connectivity index (χ0) is 17.9. The van der Waals surface area contributed by atoms with Crippen molar-refractivity contribution < 1.29 is 9.90 Å². The first-order valence-corrected chi connectivity index (χ1v) is 7.84. The van der Waals surface area contributed by atoms with E-state index in [-0.39, 0.29) is 36.6 Å². The first kappa shape index (κ1) is 17.9. The van der Waals surface area contributed by atoms with Crippen LogP contribution in [0.2, 0.25) is 0 Å². The Morgan fingerprint density at radius 3 is 2.54 bits per heavy atom. The van der Waals surface area contributed by atoms with Crippen molar-refractivity contribution >= 4 is 5.91 Å². The molecular weight excluding hydrogens is 310 g/mol. The van der Waals surface area contributed by atoms with Crippen molar-refractivity contribution in [1.82, 2.24) is 24.9 Å². The molecule has 0 aliphatic rings. The van der Waals surface area contributed by atoms with Gasteiger partial charge in [-0.2, -0.15) is 5.10 Å². The minimum absolute atomic E-state index is 0.0877. The van der Waals surface area contributed by atoms with Gasteiger partial charge in [0.2, 0.25) is 5.91 Å². The van der Waals surface area contributed by atoms with Gasteiger partial charge < -0.3 is 10.4 Å². The molecule has 130 valence electrons. The zero-order valence-electron chi connectivity index (χ0n) is 14.4. The van der Waals surface area contributed by atoms with Crippen molar-refractivity contribution in [2.75, 3.05) is 6.61 Å². The summed E-state index contributed by atoms with van der Waals surface area (Å²) in [7, 11) is 0. The summed E-state index contributed by atoms with van der Waals surface area (Å²) in [5.41, 5.74) is 1.35. The Morgan fingerprint density at radius 1 is 1.29 bits per heavy atom. The largest absolute Gasteiger partial charge is 0.394 e. The fraction of sp³-hybridized carbons (Fsp3) is 0.500. The van der Waals surface area contributed by atoms with Crippen molar-refractivity contribution in [1.29, 1.82) is 0 Å². The molecule has 0 radical (unpaired) electrons. The number of aliphatic hydroxyl groups excluding tert-OH is 1. The van der Waals surface area contributed by atoms with E-state index in [4.69, 9.17) is 0 Å². The molecule has 8 heteroatoms. The molecule has 2 aromatic rings. The zero-order valence-corrected chi connectivity index (χ0v) is 14.4. The Balaban J connectivity index is 2.22. The number of amides is 1. The molecule has 0 aliphatic heterocycles. The van der Waals surface area contributed by atoms with Gasteiger partial charge in [0.05, 0.1) is 18.3 Å². The van der Waals surface area contributed by atoms with E-state index in [9.17, 15) is 14.7 Å². The standard InChI is InChI=1S/C16H23N5O3/c1-10(2)13(9-22)17-15(23)8-20-16(24)6-5-14(19-20)21-12(4)7-11(3)18-21/h5-7,10,13,22H,8-9H2,1-4H3,(H,17,23)/t13-/m1/s1. The number of rotatable bonds is 6. The molecule has 24 heavy (non-hydrogen) atoms. The monoisotopic (exact) mass is 333 g/mol. The van der Waals surface area contributed by atoms with Gasteiger partial charge in [-0.1, -0.05) is 13.8 Å². The summed E-state index contributed by atoms with van der Waals surface area (Å²) >= 11 is 0. The van der Waals surface area contributed by atoms with Crippen molar-refractivity contribution in [3.8, 4) is 5.82 Å². The number of aryl methyl sites for hydroxylation is 2. The molecule has 2 N–H and O–H groups in total. The molecule has 0 aliphatic carbocycles. The van der Waals surface area contributed by atoms with E-state index in [0.29, 0.717) is 5.82 Å². The van der Waals surface area contributed by atoms with Gasteiger partial charge in [-0.15, -0.1) is 5.10 Å². The third-order valence-electron chi connectivity index (χ3n) is 3.72. The molecule has 2 aromatic heterocycles. The third-order valence-corrected chi connectivity index (χ3v) is 3.72. The first-order chi connectivity index (χ1) is 11.3. The molecule has 0 spiro atoms. The van der Waals surface area contributed by atoms with E-state index in [2.05, 4.69) is 15.5 Å². The lowest BCUT2D eigenvalue weighted by Crippen LogP contribution is -2.44. The molecule has 0 aromatic carbocycles. The fourth-order valence-corrected chi connectivity index (χ4v) is 2.34. The second kappa shape index (κ2) is 7.39. The summed E-state index contributed by atoms with van der Waals surface area (Å²) in [6, 6.07) is 4.48. The second-order valence-electron chi connectivity index (χ2n) is 6.13. The van der Waals surface area contributed by atoms with Gasteiger partial charge in [0, 0.05) is 11.8 Å². The lowest BCUT2D eigenvalue weighted by atomic mass is 10.1. The maximum absolute atomic E-state index is 12.1. The average Bonchev–Trinajstić information content (AvgIpc) is 2.85. The predicted octanol–water partition coefficient (Wildman–Crippen LogP) is 0.179. The minimum Gasteiger partial charge on any atom is -0.394 e. The maximum atomic E-state index is 12.1. The van der Waals surface area contributed by atoms with Gasteiger partial charge in [-0.25, -0.2) is 9.36 Å². The van der Waals surface area contributed by atoms with E-state index < -0.39 is 0 Å². The molecule has 8 nitrogen and oxygen atoms in total. The average molecular weight is 333 g/mol. The van der Waals surface area contributed by atoms with Crippen LogP contribution in [0.4, 0.5) is 0 Å². The SMILES string of the molecule is Cc1cc(C)n(-c2ccc(=O)n(CC(=O)N[C@H](CO)C(C)C)n2)n1. The summed E-state index contributed by atoms with van der Waals surface area (Å²) in [4.78, 5) is 24.1. The van der Waals surface area contributed by atoms with Gasteiger partial charge in [0.25, 0.3) is 5.56 Å². The molecule has 1 amide bonds. The van der Waals surface area contributed by atoms with Crippen LogP contribution in [-0.4, -0.2) is 43.2 Å². The Kier molecular flexibility index (Phi) is 5.50. The lowest BCUT2D eigenvalue weighted by Gasteiger charge is -2.20. The van der Waals surface area contributed by atoms with Crippen LogP contribution in [0, 0.1) is 19.8 Å². The molecule has 0 unspecified atom stereocenters. The van der Waals surface area contributed by atoms with Crippen molar-refractivity contribution in [2.45, 2.75) is 40.3 Å². The summed E-state index contributed by atoms with van der Waals surface area (Å²) < 4.78 is 2.71. The van der Waals surface area contributed by atoms with E-state index in [1.54, 1.807) is 10.7 Å². The van der Waals surface area contributed by atoms with Gasteiger partial charge >= 0.3 is 0 Å². The highest BCUT2D eigenvalue weighted by atomic mass is 16.3. The molecular formula is C16H23N5O3. The van der Waals surface area contributed by atoms with E-state index in [1.165, 1.54) is 6.07 Å². The number of carbonyl (C=O) groups is 1. The minimum atomic E-state index is -0.375. The number of aromatic nitrogens is 4. The van der Waals surface area contributed by atoms with Gasteiger partial charge in [-0.05, 0) is 31.9 Å². The predicted molar refractivity (Wildman–Crippen MR) is 88.9 cm³/mol. The Morgan fingerprint density at radius 2 is 2.00 bits per heavy atom. The number of nitrogens with one attached hydrogen (secondary N) is 1. The van der Waals surface area contributed by atoms with Crippen molar-refractivity contribution in [2.24, 2.45) is 5.92 Å². The van der Waals surface area contributed by atoms with E-state index >= 15 is 0 Å². The number of hydrogen-bond donors (Lipinski definition) is 2. The van der Waals surface area contributed by atoms with Gasteiger partial charge in [0.15, 0.2) is 5.82 Å². The topological polar surface area (TPSA) is 102 Å². The molecule has 1 atom stereocenters. The van der Waals surface area contributed by atoms with Crippen LogP contribution in [0.15, 0.2) is 23.0 Å². The highest BCUT2D eigenvalue weighted by Gasteiger charge is 2.16. The van der Waals surface area contributed by atoms with Crippen LogP contribution in [-0.2, 0) is 11.3 Å². The summed E-state index contributed by atoms with van der Waals surface area (Å²) in [5, 5.41) is 20.5. The molecule has 0 fully saturated rings. The van der Waals surface area contributed by atoms with Crippen LogP contribution >= 0.6 is 0 Å². The van der Waals surface area contributed by atoms with Crippen LogP contribution < -0.4 is 10.9 Å². The van der Waals surface area contributed by atoms with Crippen LogP contribution in [0.3, 0.4) is 0 Å². The van der Waals surface area contributed by atoms with Gasteiger partial charge in [-0.3, -0.25) is 9.59 Å². The van der Waals surface area contributed by atoms with Gasteiger partial charge in [0.1, 0.15) is 6.54 Å². The first-order valence-electron chi connectivity index (χ1n) is 7.84. The summed E-state index contributed by atoms with van der Waals surface area (Å²) in [6.07, 6.45) is 0. The fourth-order valence-electron chi connectivity index (χ4n) is 2.34. The lowest BCUT2D eigenvalue weighted by molar-refractivity contribution is -0.123. The van der Waals surface area contributed by atoms with Crippen LogP contribution in [0.1, 0.15) is 25.2 Å². The Bertz CT molecular complexity index is 778. The molecule has 0 saturated carbocycles. The Hall–Kier alpha value is -2.48. The van der Waals surface area contributed by atoms with Crippen molar-refractivity contribution in [3.05, 3.63) is 39.9 Å². The quantitative estimate of drug-likeness (QED) is 0.785. The Labute approximate surface area is 140 Å². The molecule has 0 saturated heterocycles. The van der Waals surface area contributed by atoms with Crippen molar-refractivity contribution in [3.63, 3.8) is 0 Å². The number of hydrogen-bond acceptors (Lipinski definition) is 5. The molecule has 0 bridgehead atoms. The highest BCUT2D eigenvalue weighted by molar-refractivity contribution is 5.76. The number of aliphatic hydroxyl groups is 1. The number of nitrogens with zero attached hydrogens (tertiary/aromatic N) is 4. The second-order valence-corrected chi connectivity index (χ2v) is 6.13. The summed E-state index contributed by atoms with van der Waals surface area (Å²) in [6.45, 7) is 7.18.